The van der Waals surface area contributed by atoms with Gasteiger partial charge in [-0.25, -0.2) is 9.67 Å². The van der Waals surface area contributed by atoms with Gasteiger partial charge in [0.15, 0.2) is 5.82 Å². The minimum Gasteiger partial charge on any atom is -0.326 e. The van der Waals surface area contributed by atoms with Gasteiger partial charge in [-0.3, -0.25) is 4.90 Å². The molecule has 106 valence electrons. The van der Waals surface area contributed by atoms with Gasteiger partial charge in [-0.15, -0.1) is 0 Å². The highest BCUT2D eigenvalue weighted by molar-refractivity contribution is 5.32. The molecule has 2 aromatic heterocycles. The molecule has 0 aromatic carbocycles. The summed E-state index contributed by atoms with van der Waals surface area (Å²) in [6, 6.07) is 6.20. The van der Waals surface area contributed by atoms with Crippen LogP contribution in [0.25, 0.3) is 5.82 Å². The smallest absolute Gasteiger partial charge is 0.153 e. The highest BCUT2D eigenvalue weighted by Crippen LogP contribution is 2.20. The van der Waals surface area contributed by atoms with Crippen molar-refractivity contribution in [1.29, 1.82) is 0 Å². The maximum absolute atomic E-state index is 5.98. The molecule has 1 aliphatic heterocycles. The van der Waals surface area contributed by atoms with Gasteiger partial charge in [0, 0.05) is 43.1 Å². The van der Waals surface area contributed by atoms with Crippen LogP contribution in [0, 0.1) is 13.8 Å². The summed E-state index contributed by atoms with van der Waals surface area (Å²) in [7, 11) is 0. The largest absolute Gasteiger partial charge is 0.326 e. The molecule has 0 unspecified atom stereocenters. The summed E-state index contributed by atoms with van der Waals surface area (Å²) in [5, 5.41) is 4.64. The van der Waals surface area contributed by atoms with Gasteiger partial charge >= 0.3 is 0 Å². The van der Waals surface area contributed by atoms with Gasteiger partial charge in [0.1, 0.15) is 0 Å². The first-order valence-electron chi connectivity index (χ1n) is 7.09. The Kier molecular flexibility index (Phi) is 3.54. The Morgan fingerprint density at radius 2 is 2.20 bits per heavy atom. The number of aryl methyl sites for hydroxylation is 1. The first-order chi connectivity index (χ1) is 9.65. The Morgan fingerprint density at radius 1 is 1.35 bits per heavy atom. The predicted molar refractivity (Wildman–Crippen MR) is 78.7 cm³/mol. The normalized spacial score (nSPS) is 19.6. The molecular formula is C15H21N5. The van der Waals surface area contributed by atoms with Crippen molar-refractivity contribution in [1.82, 2.24) is 19.7 Å². The number of nitrogens with two attached hydrogens (primary N) is 1. The minimum absolute atomic E-state index is 0.321. The summed E-state index contributed by atoms with van der Waals surface area (Å²) < 4.78 is 1.93. The van der Waals surface area contributed by atoms with Crippen molar-refractivity contribution in [2.24, 2.45) is 5.73 Å². The molecule has 1 saturated heterocycles. The molecular weight excluding hydrogens is 250 g/mol. The predicted octanol–water partition coefficient (Wildman–Crippen LogP) is 1.42. The monoisotopic (exact) mass is 271 g/mol. The fourth-order valence-electron chi connectivity index (χ4n) is 2.84. The highest BCUT2D eigenvalue weighted by atomic mass is 15.3. The van der Waals surface area contributed by atoms with Crippen molar-refractivity contribution in [3.8, 4) is 5.82 Å². The van der Waals surface area contributed by atoms with Crippen LogP contribution in [0.2, 0.25) is 0 Å². The first kappa shape index (κ1) is 13.3. The highest BCUT2D eigenvalue weighted by Gasteiger charge is 2.22. The molecule has 0 radical (unpaired) electrons. The van der Waals surface area contributed by atoms with E-state index in [2.05, 4.69) is 28.8 Å². The van der Waals surface area contributed by atoms with Gasteiger partial charge < -0.3 is 5.73 Å². The third kappa shape index (κ3) is 2.46. The fraction of sp³-hybridized carbons (Fsp3) is 0.467. The summed E-state index contributed by atoms with van der Waals surface area (Å²) in [5.41, 5.74) is 9.52. The minimum atomic E-state index is 0.321. The molecule has 20 heavy (non-hydrogen) atoms. The van der Waals surface area contributed by atoms with E-state index in [0.29, 0.717) is 6.04 Å². The van der Waals surface area contributed by atoms with Crippen LogP contribution in [0.5, 0.6) is 0 Å². The van der Waals surface area contributed by atoms with Crippen molar-refractivity contribution < 1.29 is 0 Å². The average Bonchev–Trinajstić information content (AvgIpc) is 2.98. The van der Waals surface area contributed by atoms with Crippen LogP contribution in [-0.4, -0.2) is 38.8 Å². The van der Waals surface area contributed by atoms with Gasteiger partial charge in [-0.05, 0) is 32.4 Å². The molecule has 5 nitrogen and oxygen atoms in total. The quantitative estimate of drug-likeness (QED) is 0.917. The van der Waals surface area contributed by atoms with E-state index < -0.39 is 0 Å². The van der Waals surface area contributed by atoms with Crippen molar-refractivity contribution >= 4 is 0 Å². The van der Waals surface area contributed by atoms with E-state index in [9.17, 15) is 0 Å². The van der Waals surface area contributed by atoms with E-state index in [0.717, 1.165) is 37.6 Å². The number of rotatable bonds is 3. The van der Waals surface area contributed by atoms with Crippen LogP contribution in [0.4, 0.5) is 0 Å². The lowest BCUT2D eigenvalue weighted by Gasteiger charge is -2.15. The van der Waals surface area contributed by atoms with Gasteiger partial charge in [-0.2, -0.15) is 5.10 Å². The molecule has 3 heterocycles. The molecule has 1 fully saturated rings. The number of pyridine rings is 1. The summed E-state index contributed by atoms with van der Waals surface area (Å²) >= 11 is 0. The van der Waals surface area contributed by atoms with E-state index >= 15 is 0 Å². The van der Waals surface area contributed by atoms with Crippen molar-refractivity contribution in [3.05, 3.63) is 41.3 Å². The van der Waals surface area contributed by atoms with E-state index in [4.69, 9.17) is 5.73 Å². The summed E-state index contributed by atoms with van der Waals surface area (Å²) in [6.07, 6.45) is 2.89. The SMILES string of the molecule is Cc1nn(-c2ccccn2)c(C)c1CN1CC[C@@H](N)C1. The van der Waals surface area contributed by atoms with Crippen LogP contribution in [0.15, 0.2) is 24.4 Å². The van der Waals surface area contributed by atoms with Crippen molar-refractivity contribution in [3.63, 3.8) is 0 Å². The van der Waals surface area contributed by atoms with Crippen LogP contribution in [0.3, 0.4) is 0 Å². The molecule has 0 aliphatic carbocycles. The van der Waals surface area contributed by atoms with Crippen LogP contribution < -0.4 is 5.73 Å². The van der Waals surface area contributed by atoms with E-state index in [-0.39, 0.29) is 0 Å². The second-order valence-electron chi connectivity index (χ2n) is 5.53. The summed E-state index contributed by atoms with van der Waals surface area (Å²) in [6.45, 7) is 7.17. The Morgan fingerprint density at radius 3 is 2.85 bits per heavy atom. The van der Waals surface area contributed by atoms with Gasteiger partial charge in [0.05, 0.1) is 5.69 Å². The molecule has 2 aromatic rings. The molecule has 0 amide bonds. The summed E-state index contributed by atoms with van der Waals surface area (Å²) in [5.74, 6) is 0.873. The van der Waals surface area contributed by atoms with E-state index in [1.807, 2.05) is 22.9 Å². The number of likely N-dealkylation sites (tertiary alicyclic amines) is 1. The Labute approximate surface area is 119 Å². The average molecular weight is 271 g/mol. The number of nitrogens with zero attached hydrogens (tertiary/aromatic N) is 4. The zero-order valence-electron chi connectivity index (χ0n) is 12.1. The van der Waals surface area contributed by atoms with Crippen molar-refractivity contribution in [2.45, 2.75) is 32.9 Å². The zero-order chi connectivity index (χ0) is 14.1. The molecule has 0 saturated carbocycles. The Hall–Kier alpha value is -1.72. The lowest BCUT2D eigenvalue weighted by atomic mass is 10.2. The standard InChI is InChI=1S/C15H21N5/c1-11-14(10-19-8-6-13(16)9-19)12(2)20(18-11)15-5-3-4-7-17-15/h3-5,7,13H,6,8-10,16H2,1-2H3/t13-/m1/s1. The van der Waals surface area contributed by atoms with Crippen LogP contribution >= 0.6 is 0 Å². The molecule has 2 N–H and O–H groups in total. The molecule has 1 atom stereocenters. The third-order valence-electron chi connectivity index (χ3n) is 4.00. The molecule has 3 rings (SSSR count). The van der Waals surface area contributed by atoms with Gasteiger partial charge in [-0.1, -0.05) is 6.07 Å². The number of hydrogen-bond donors (Lipinski definition) is 1. The van der Waals surface area contributed by atoms with E-state index in [1.54, 1.807) is 6.20 Å². The maximum Gasteiger partial charge on any atom is 0.153 e. The zero-order valence-corrected chi connectivity index (χ0v) is 12.1. The first-order valence-corrected chi connectivity index (χ1v) is 7.09. The molecule has 0 bridgehead atoms. The Bertz CT molecular complexity index is 590. The van der Waals surface area contributed by atoms with Crippen molar-refractivity contribution in [2.75, 3.05) is 13.1 Å². The van der Waals surface area contributed by atoms with Crippen LogP contribution in [0.1, 0.15) is 23.4 Å². The van der Waals surface area contributed by atoms with Gasteiger partial charge in [0.2, 0.25) is 0 Å². The second kappa shape index (κ2) is 5.34. The number of hydrogen-bond acceptors (Lipinski definition) is 4. The van der Waals surface area contributed by atoms with Crippen LogP contribution in [-0.2, 0) is 6.54 Å². The maximum atomic E-state index is 5.98. The lowest BCUT2D eigenvalue weighted by Crippen LogP contribution is -2.26. The second-order valence-corrected chi connectivity index (χ2v) is 5.53. The third-order valence-corrected chi connectivity index (χ3v) is 4.00. The Balaban J connectivity index is 1.87. The van der Waals surface area contributed by atoms with E-state index in [1.165, 1.54) is 11.3 Å². The summed E-state index contributed by atoms with van der Waals surface area (Å²) in [4.78, 5) is 6.78. The number of aromatic nitrogens is 3. The lowest BCUT2D eigenvalue weighted by molar-refractivity contribution is 0.325. The molecule has 0 spiro atoms. The molecule has 5 heteroatoms. The fourth-order valence-corrected chi connectivity index (χ4v) is 2.84. The molecule has 1 aliphatic rings. The topological polar surface area (TPSA) is 60.0 Å². The van der Waals surface area contributed by atoms with Gasteiger partial charge in [0.25, 0.3) is 0 Å².